The average molecular weight is 499 g/mol. The lowest BCUT2D eigenvalue weighted by Gasteiger charge is -2.07. The van der Waals surface area contributed by atoms with E-state index in [1.54, 1.807) is 41.8 Å². The lowest BCUT2D eigenvalue weighted by atomic mass is 10.1. The molecular formula is C28H26N4O5. The van der Waals surface area contributed by atoms with E-state index in [2.05, 4.69) is 4.98 Å². The number of aromatic nitrogens is 4. The summed E-state index contributed by atoms with van der Waals surface area (Å²) in [5.74, 6) is 1.13. The number of aryl methyl sites for hydroxylation is 1. The third-order valence-corrected chi connectivity index (χ3v) is 6.02. The Bertz CT molecular complexity index is 1670. The number of fused-ring (bicyclic) bond motifs is 1. The number of benzene rings is 2. The van der Waals surface area contributed by atoms with E-state index < -0.39 is 11.2 Å². The van der Waals surface area contributed by atoms with Crippen molar-refractivity contribution in [3.8, 4) is 22.9 Å². The summed E-state index contributed by atoms with van der Waals surface area (Å²) in [6, 6.07) is 20.1. The number of H-pyrrole nitrogens is 1. The average Bonchev–Trinajstić information content (AvgIpc) is 3.53. The van der Waals surface area contributed by atoms with E-state index in [0.717, 1.165) is 17.5 Å². The van der Waals surface area contributed by atoms with Crippen LogP contribution in [0, 0.1) is 0 Å². The number of nitrogens with one attached hydrogen (secondary N) is 1. The van der Waals surface area contributed by atoms with Crippen molar-refractivity contribution in [3.63, 3.8) is 0 Å². The first kappa shape index (κ1) is 24.1. The molecule has 9 heteroatoms. The van der Waals surface area contributed by atoms with Crippen molar-refractivity contribution in [2.45, 2.75) is 33.4 Å². The van der Waals surface area contributed by atoms with Crippen LogP contribution in [-0.2, 0) is 17.8 Å². The number of carbonyl (C=O) groups excluding carboxylic acids is 1. The number of esters is 1. The fraction of sp³-hybridized carbons (Fsp3) is 0.214. The molecule has 0 saturated carbocycles. The van der Waals surface area contributed by atoms with Gasteiger partial charge in [-0.05, 0) is 43.2 Å². The number of hydrogen-bond acceptors (Lipinski definition) is 6. The molecular weight excluding hydrogens is 472 g/mol. The van der Waals surface area contributed by atoms with E-state index in [-0.39, 0.29) is 12.5 Å². The number of aromatic amines is 1. The first-order chi connectivity index (χ1) is 18.0. The minimum absolute atomic E-state index is 0.270. The Hall–Kier alpha value is -4.66. The summed E-state index contributed by atoms with van der Waals surface area (Å²) in [5, 5.41) is 0. The standard InChI is InChI=1S/C28H26N4O5/c1-3-16-31-23-25(32(28(35)30-26(23)33)17-18-8-6-5-7-9-18)29-24(31)22-15-14-21(37-22)19-10-12-20(13-11-19)27(34)36-4-2/h5-15H,3-4,16-17H2,1-2H3,(H,30,33,35). The number of furan rings is 1. The zero-order valence-corrected chi connectivity index (χ0v) is 20.6. The molecule has 3 heterocycles. The number of nitrogens with zero attached hydrogens (tertiary/aromatic N) is 3. The third-order valence-electron chi connectivity index (χ3n) is 6.02. The fourth-order valence-corrected chi connectivity index (χ4v) is 4.31. The van der Waals surface area contributed by atoms with Crippen LogP contribution >= 0.6 is 0 Å². The van der Waals surface area contributed by atoms with Gasteiger partial charge in [0.05, 0.1) is 18.7 Å². The van der Waals surface area contributed by atoms with Gasteiger partial charge in [-0.25, -0.2) is 14.6 Å². The molecule has 0 fully saturated rings. The molecule has 0 atom stereocenters. The Morgan fingerprint density at radius 3 is 2.38 bits per heavy atom. The van der Waals surface area contributed by atoms with Gasteiger partial charge < -0.3 is 13.7 Å². The van der Waals surface area contributed by atoms with Gasteiger partial charge in [-0.15, -0.1) is 0 Å². The molecule has 5 rings (SSSR count). The Morgan fingerprint density at radius 1 is 0.946 bits per heavy atom. The Kier molecular flexibility index (Phi) is 6.59. The molecule has 0 aliphatic heterocycles. The number of ether oxygens (including phenoxy) is 1. The van der Waals surface area contributed by atoms with E-state index in [9.17, 15) is 14.4 Å². The van der Waals surface area contributed by atoms with E-state index in [1.807, 2.05) is 43.3 Å². The quantitative estimate of drug-likeness (QED) is 0.317. The fourth-order valence-electron chi connectivity index (χ4n) is 4.31. The van der Waals surface area contributed by atoms with E-state index >= 15 is 0 Å². The highest BCUT2D eigenvalue weighted by molar-refractivity contribution is 5.90. The van der Waals surface area contributed by atoms with Crippen LogP contribution in [0.5, 0.6) is 0 Å². The Morgan fingerprint density at radius 2 is 1.68 bits per heavy atom. The van der Waals surface area contributed by atoms with Crippen LogP contribution in [0.25, 0.3) is 34.1 Å². The van der Waals surface area contributed by atoms with E-state index in [1.165, 1.54) is 4.57 Å². The summed E-state index contributed by atoms with van der Waals surface area (Å²) in [7, 11) is 0. The van der Waals surface area contributed by atoms with Crippen molar-refractivity contribution < 1.29 is 13.9 Å². The van der Waals surface area contributed by atoms with Crippen LogP contribution in [0.3, 0.4) is 0 Å². The van der Waals surface area contributed by atoms with Crippen LogP contribution in [0.15, 0.2) is 80.7 Å². The maximum atomic E-state index is 12.9. The zero-order valence-electron chi connectivity index (χ0n) is 20.6. The largest absolute Gasteiger partial charge is 0.462 e. The lowest BCUT2D eigenvalue weighted by Crippen LogP contribution is -2.31. The lowest BCUT2D eigenvalue weighted by molar-refractivity contribution is 0.0526. The van der Waals surface area contributed by atoms with Crippen molar-refractivity contribution >= 4 is 17.1 Å². The predicted molar refractivity (Wildman–Crippen MR) is 140 cm³/mol. The second-order valence-electron chi connectivity index (χ2n) is 8.55. The van der Waals surface area contributed by atoms with E-state index in [4.69, 9.17) is 14.1 Å². The maximum Gasteiger partial charge on any atom is 0.338 e. The van der Waals surface area contributed by atoms with Gasteiger partial charge >= 0.3 is 11.7 Å². The van der Waals surface area contributed by atoms with E-state index in [0.29, 0.717) is 47.2 Å². The van der Waals surface area contributed by atoms with Crippen molar-refractivity contribution in [2.75, 3.05) is 6.61 Å². The highest BCUT2D eigenvalue weighted by atomic mass is 16.5. The number of carbonyl (C=O) groups is 1. The Labute approximate surface area is 212 Å². The van der Waals surface area contributed by atoms with Crippen LogP contribution in [0.1, 0.15) is 36.2 Å². The second-order valence-corrected chi connectivity index (χ2v) is 8.55. The third kappa shape index (κ3) is 4.63. The molecule has 3 aromatic heterocycles. The van der Waals surface area contributed by atoms with Crippen molar-refractivity contribution in [1.29, 1.82) is 0 Å². The highest BCUT2D eigenvalue weighted by Gasteiger charge is 2.22. The molecule has 0 aliphatic rings. The van der Waals surface area contributed by atoms with Gasteiger partial charge in [-0.1, -0.05) is 49.4 Å². The van der Waals surface area contributed by atoms with Gasteiger partial charge in [0, 0.05) is 12.1 Å². The summed E-state index contributed by atoms with van der Waals surface area (Å²) >= 11 is 0. The topological polar surface area (TPSA) is 112 Å². The van der Waals surface area contributed by atoms with Crippen LogP contribution < -0.4 is 11.2 Å². The van der Waals surface area contributed by atoms with Crippen LogP contribution in [-0.4, -0.2) is 31.7 Å². The van der Waals surface area contributed by atoms with Gasteiger partial charge in [-0.3, -0.25) is 14.3 Å². The molecule has 0 amide bonds. The summed E-state index contributed by atoms with van der Waals surface area (Å²) in [6.07, 6.45) is 0.749. The van der Waals surface area contributed by atoms with Gasteiger partial charge in [-0.2, -0.15) is 0 Å². The van der Waals surface area contributed by atoms with Gasteiger partial charge in [0.15, 0.2) is 22.7 Å². The molecule has 0 spiro atoms. The molecule has 5 aromatic rings. The van der Waals surface area contributed by atoms with Gasteiger partial charge in [0.1, 0.15) is 5.76 Å². The molecule has 0 unspecified atom stereocenters. The summed E-state index contributed by atoms with van der Waals surface area (Å²) < 4.78 is 14.5. The van der Waals surface area contributed by atoms with Gasteiger partial charge in [0.2, 0.25) is 0 Å². The van der Waals surface area contributed by atoms with Gasteiger partial charge in [0.25, 0.3) is 5.56 Å². The molecule has 2 aromatic carbocycles. The second kappa shape index (κ2) is 10.1. The van der Waals surface area contributed by atoms with Crippen molar-refractivity contribution in [3.05, 3.63) is 98.7 Å². The van der Waals surface area contributed by atoms with Crippen molar-refractivity contribution in [1.82, 2.24) is 19.1 Å². The van der Waals surface area contributed by atoms with Crippen LogP contribution in [0.4, 0.5) is 0 Å². The maximum absolute atomic E-state index is 12.9. The molecule has 0 aliphatic carbocycles. The summed E-state index contributed by atoms with van der Waals surface area (Å²) in [6.45, 7) is 4.86. The monoisotopic (exact) mass is 498 g/mol. The first-order valence-electron chi connectivity index (χ1n) is 12.1. The number of imidazole rings is 1. The predicted octanol–water partition coefficient (Wildman–Crippen LogP) is 4.45. The zero-order chi connectivity index (χ0) is 25.9. The number of rotatable bonds is 8. The Balaban J connectivity index is 1.58. The van der Waals surface area contributed by atoms with Crippen molar-refractivity contribution in [2.24, 2.45) is 0 Å². The molecule has 9 nitrogen and oxygen atoms in total. The van der Waals surface area contributed by atoms with Crippen LogP contribution in [0.2, 0.25) is 0 Å². The molecule has 0 radical (unpaired) electrons. The number of hydrogen-bond donors (Lipinski definition) is 1. The smallest absolute Gasteiger partial charge is 0.338 e. The molecule has 0 bridgehead atoms. The molecule has 37 heavy (non-hydrogen) atoms. The highest BCUT2D eigenvalue weighted by Crippen LogP contribution is 2.30. The normalized spacial score (nSPS) is 11.2. The minimum atomic E-state index is -0.518. The SMILES string of the molecule is CCCn1c(-c2ccc(-c3ccc(C(=O)OCC)cc3)o2)nc2c1c(=O)[nH]c(=O)n2Cc1ccccc1. The first-order valence-corrected chi connectivity index (χ1v) is 12.1. The molecule has 188 valence electrons. The molecule has 0 saturated heterocycles. The summed E-state index contributed by atoms with van der Waals surface area (Å²) in [4.78, 5) is 44.8. The molecule has 1 N–H and O–H groups in total. The summed E-state index contributed by atoms with van der Waals surface area (Å²) in [5.41, 5.74) is 1.76. The minimum Gasteiger partial charge on any atom is -0.462 e.